The zero-order valence-corrected chi connectivity index (χ0v) is 15.2. The van der Waals surface area contributed by atoms with E-state index in [4.69, 9.17) is 14.2 Å². The average Bonchev–Trinajstić information content (AvgIpc) is 2.70. The van der Waals surface area contributed by atoms with E-state index in [1.54, 1.807) is 19.1 Å². The number of ether oxygens (including phenoxy) is 3. The van der Waals surface area contributed by atoms with Gasteiger partial charge in [-0.3, -0.25) is 0 Å². The van der Waals surface area contributed by atoms with Crippen LogP contribution in [0.1, 0.15) is 11.1 Å². The molecule has 2 aromatic rings. The number of carbonyl (C=O) groups excluding carboxylic acids is 1. The number of amides is 2. The third kappa shape index (κ3) is 4.20. The summed E-state index contributed by atoms with van der Waals surface area (Å²) in [7, 11) is 3.24. The molecule has 2 aromatic carbocycles. The largest absolute Gasteiger partial charge is 0.493 e. The Hall–Kier alpha value is -2.89. The quantitative estimate of drug-likeness (QED) is 0.809. The van der Waals surface area contributed by atoms with Gasteiger partial charge in [0.1, 0.15) is 12.4 Å². The summed E-state index contributed by atoms with van der Waals surface area (Å²) in [5, 5.41) is 2.91. The molecule has 0 fully saturated rings. The van der Waals surface area contributed by atoms with Gasteiger partial charge in [0.05, 0.1) is 20.8 Å². The number of urea groups is 1. The molecule has 138 valence electrons. The van der Waals surface area contributed by atoms with Gasteiger partial charge in [-0.15, -0.1) is 0 Å². The number of para-hydroxylation sites is 1. The highest BCUT2D eigenvalue weighted by Crippen LogP contribution is 2.33. The van der Waals surface area contributed by atoms with Gasteiger partial charge in [0, 0.05) is 13.1 Å². The van der Waals surface area contributed by atoms with Crippen LogP contribution in [0, 0.1) is 0 Å². The molecule has 0 spiro atoms. The maximum atomic E-state index is 12.4. The van der Waals surface area contributed by atoms with Gasteiger partial charge in [-0.2, -0.15) is 0 Å². The first-order valence-electron chi connectivity index (χ1n) is 8.65. The van der Waals surface area contributed by atoms with Crippen LogP contribution in [0.3, 0.4) is 0 Å². The Morgan fingerprint density at radius 3 is 2.46 bits per heavy atom. The topological polar surface area (TPSA) is 60.0 Å². The second kappa shape index (κ2) is 8.47. The summed E-state index contributed by atoms with van der Waals surface area (Å²) in [5.41, 5.74) is 2.28. The molecule has 1 aliphatic heterocycles. The number of nitrogens with one attached hydrogen (secondary N) is 1. The number of carbonyl (C=O) groups is 1. The molecule has 6 heteroatoms. The molecule has 1 heterocycles. The van der Waals surface area contributed by atoms with Gasteiger partial charge in [-0.05, 0) is 41.8 Å². The SMILES string of the molecule is COc1cc2c(cc1OC)CN(C(=O)NCCOc1ccccc1)CC2. The average molecular weight is 356 g/mol. The monoisotopic (exact) mass is 356 g/mol. The fraction of sp³-hybridized carbons (Fsp3) is 0.350. The number of benzene rings is 2. The summed E-state index contributed by atoms with van der Waals surface area (Å²) in [6.07, 6.45) is 0.795. The first-order chi connectivity index (χ1) is 12.7. The Kier molecular flexibility index (Phi) is 5.84. The number of rotatable bonds is 6. The predicted molar refractivity (Wildman–Crippen MR) is 99.0 cm³/mol. The standard InChI is InChI=1S/C20H24N2O4/c1-24-18-12-15-8-10-22(14-16(15)13-19(18)25-2)20(23)21-9-11-26-17-6-4-3-5-7-17/h3-7,12-13H,8-11,14H2,1-2H3,(H,21,23). The van der Waals surface area contributed by atoms with Gasteiger partial charge < -0.3 is 24.4 Å². The maximum absolute atomic E-state index is 12.4. The Morgan fingerprint density at radius 2 is 1.77 bits per heavy atom. The van der Waals surface area contributed by atoms with Crippen molar-refractivity contribution in [3.63, 3.8) is 0 Å². The van der Waals surface area contributed by atoms with Crippen molar-refractivity contribution in [2.75, 3.05) is 33.9 Å². The predicted octanol–water partition coefficient (Wildman–Crippen LogP) is 2.85. The van der Waals surface area contributed by atoms with E-state index in [2.05, 4.69) is 5.32 Å². The molecule has 1 N–H and O–H groups in total. The van der Waals surface area contributed by atoms with Crippen LogP contribution >= 0.6 is 0 Å². The summed E-state index contributed by atoms with van der Waals surface area (Å²) >= 11 is 0. The van der Waals surface area contributed by atoms with Crippen LogP contribution < -0.4 is 19.5 Å². The third-order valence-electron chi connectivity index (χ3n) is 4.40. The minimum Gasteiger partial charge on any atom is -0.493 e. The van der Waals surface area contributed by atoms with E-state index >= 15 is 0 Å². The van der Waals surface area contributed by atoms with Crippen molar-refractivity contribution < 1.29 is 19.0 Å². The first kappa shape index (κ1) is 17.9. The first-order valence-corrected chi connectivity index (χ1v) is 8.65. The minimum atomic E-state index is -0.0814. The third-order valence-corrected chi connectivity index (χ3v) is 4.40. The second-order valence-corrected chi connectivity index (χ2v) is 6.04. The van der Waals surface area contributed by atoms with E-state index in [1.807, 2.05) is 42.5 Å². The zero-order chi connectivity index (χ0) is 18.4. The van der Waals surface area contributed by atoms with Crippen LogP contribution in [0.2, 0.25) is 0 Å². The summed E-state index contributed by atoms with van der Waals surface area (Å²) in [4.78, 5) is 14.2. The van der Waals surface area contributed by atoms with Gasteiger partial charge in [-0.1, -0.05) is 18.2 Å². The van der Waals surface area contributed by atoms with Crippen LogP contribution in [0.25, 0.3) is 0 Å². The molecule has 1 aliphatic rings. The second-order valence-electron chi connectivity index (χ2n) is 6.04. The van der Waals surface area contributed by atoms with Gasteiger partial charge in [-0.25, -0.2) is 4.79 Å². The van der Waals surface area contributed by atoms with Crippen LogP contribution in [0.4, 0.5) is 4.79 Å². The van der Waals surface area contributed by atoms with Crippen molar-refractivity contribution in [3.8, 4) is 17.2 Å². The summed E-state index contributed by atoms with van der Waals surface area (Å²) < 4.78 is 16.3. The van der Waals surface area contributed by atoms with Crippen LogP contribution in [0.5, 0.6) is 17.2 Å². The van der Waals surface area contributed by atoms with Crippen molar-refractivity contribution in [1.82, 2.24) is 10.2 Å². The van der Waals surface area contributed by atoms with Crippen LogP contribution in [-0.4, -0.2) is 44.8 Å². The molecule has 0 atom stereocenters. The number of nitrogens with zero attached hydrogens (tertiary/aromatic N) is 1. The summed E-state index contributed by atoms with van der Waals surface area (Å²) in [6, 6.07) is 13.4. The van der Waals surface area contributed by atoms with E-state index < -0.39 is 0 Å². The highest BCUT2D eigenvalue weighted by atomic mass is 16.5. The molecule has 0 radical (unpaired) electrons. The highest BCUT2D eigenvalue weighted by Gasteiger charge is 2.22. The van der Waals surface area contributed by atoms with Crippen molar-refractivity contribution in [3.05, 3.63) is 53.6 Å². The van der Waals surface area contributed by atoms with Gasteiger partial charge in [0.15, 0.2) is 11.5 Å². The molecule has 0 unspecified atom stereocenters. The van der Waals surface area contributed by atoms with Gasteiger partial charge in [0.2, 0.25) is 0 Å². The molecular formula is C20H24N2O4. The molecule has 3 rings (SSSR count). The van der Waals surface area contributed by atoms with Crippen molar-refractivity contribution in [1.29, 1.82) is 0 Å². The van der Waals surface area contributed by atoms with E-state index in [0.29, 0.717) is 32.0 Å². The minimum absolute atomic E-state index is 0.0814. The molecule has 0 bridgehead atoms. The number of hydrogen-bond donors (Lipinski definition) is 1. The maximum Gasteiger partial charge on any atom is 0.317 e. The van der Waals surface area contributed by atoms with E-state index in [0.717, 1.165) is 23.5 Å². The number of hydrogen-bond acceptors (Lipinski definition) is 4. The smallest absolute Gasteiger partial charge is 0.317 e. The molecule has 0 saturated carbocycles. The number of fused-ring (bicyclic) bond motifs is 1. The molecular weight excluding hydrogens is 332 g/mol. The lowest BCUT2D eigenvalue weighted by molar-refractivity contribution is 0.189. The van der Waals surface area contributed by atoms with Gasteiger partial charge in [0.25, 0.3) is 0 Å². The highest BCUT2D eigenvalue weighted by molar-refractivity contribution is 5.74. The fourth-order valence-electron chi connectivity index (χ4n) is 3.01. The molecule has 0 saturated heterocycles. The lowest BCUT2D eigenvalue weighted by atomic mass is 9.99. The fourth-order valence-corrected chi connectivity index (χ4v) is 3.01. The molecule has 2 amide bonds. The van der Waals surface area contributed by atoms with E-state index in [9.17, 15) is 4.79 Å². The van der Waals surface area contributed by atoms with Crippen molar-refractivity contribution >= 4 is 6.03 Å². The van der Waals surface area contributed by atoms with Gasteiger partial charge >= 0.3 is 6.03 Å². The molecule has 0 aliphatic carbocycles. The van der Waals surface area contributed by atoms with Crippen LogP contribution in [0.15, 0.2) is 42.5 Å². The summed E-state index contributed by atoms with van der Waals surface area (Å²) in [6.45, 7) is 2.13. The van der Waals surface area contributed by atoms with Crippen molar-refractivity contribution in [2.24, 2.45) is 0 Å². The lowest BCUT2D eigenvalue weighted by Gasteiger charge is -2.29. The van der Waals surface area contributed by atoms with Crippen LogP contribution in [-0.2, 0) is 13.0 Å². The Labute approximate surface area is 153 Å². The lowest BCUT2D eigenvalue weighted by Crippen LogP contribution is -2.43. The zero-order valence-electron chi connectivity index (χ0n) is 15.2. The summed E-state index contributed by atoms with van der Waals surface area (Å²) in [5.74, 6) is 2.21. The normalized spacial score (nSPS) is 12.9. The van der Waals surface area contributed by atoms with E-state index in [1.165, 1.54) is 5.56 Å². The molecule has 26 heavy (non-hydrogen) atoms. The molecule has 0 aromatic heterocycles. The Bertz CT molecular complexity index is 749. The molecule has 6 nitrogen and oxygen atoms in total. The van der Waals surface area contributed by atoms with E-state index in [-0.39, 0.29) is 6.03 Å². The number of methoxy groups -OCH3 is 2. The Balaban J connectivity index is 1.52. The Morgan fingerprint density at radius 1 is 1.08 bits per heavy atom. The van der Waals surface area contributed by atoms with Crippen molar-refractivity contribution in [2.45, 2.75) is 13.0 Å².